The van der Waals surface area contributed by atoms with E-state index in [1.807, 2.05) is 25.9 Å². The van der Waals surface area contributed by atoms with E-state index in [2.05, 4.69) is 4.98 Å². The van der Waals surface area contributed by atoms with Crippen LogP contribution in [0.4, 0.5) is 4.79 Å². The molecular formula is C42H59N3O11. The number of rotatable bonds is 9. The van der Waals surface area contributed by atoms with E-state index in [0.29, 0.717) is 12.0 Å². The summed E-state index contributed by atoms with van der Waals surface area (Å²) in [6.07, 6.45) is 1.25. The summed E-state index contributed by atoms with van der Waals surface area (Å²) < 4.78 is 38.8. The zero-order valence-corrected chi connectivity index (χ0v) is 34.6. The lowest BCUT2D eigenvalue weighted by Gasteiger charge is -2.47. The lowest BCUT2D eigenvalue weighted by atomic mass is 9.76. The van der Waals surface area contributed by atoms with Crippen LogP contribution >= 0.6 is 0 Å². The molecule has 0 aliphatic carbocycles. The van der Waals surface area contributed by atoms with Crippen molar-refractivity contribution in [1.29, 1.82) is 0 Å². The maximum Gasteiger partial charge on any atom is 0.420 e. The van der Waals surface area contributed by atoms with Crippen LogP contribution in [0.2, 0.25) is 0 Å². The summed E-state index contributed by atoms with van der Waals surface area (Å²) in [4.78, 5) is 75.4. The van der Waals surface area contributed by atoms with Gasteiger partial charge in [0.25, 0.3) is 0 Å². The molecule has 56 heavy (non-hydrogen) atoms. The lowest BCUT2D eigenvalue weighted by Crippen LogP contribution is -2.60. The summed E-state index contributed by atoms with van der Waals surface area (Å²) in [7, 11) is 5.22. The van der Waals surface area contributed by atoms with E-state index in [-0.39, 0.29) is 42.8 Å². The Kier molecular flexibility index (Phi) is 14.9. The number of ketones is 2. The SMILES string of the molecule is CC[C@H]1OC(=O)[C@H](C)C(=O)[C@H](C)[C@@H](OC2O[C@H](C)C[C@H](N(C)C)[C@H]2OC(=O)c2ccccc2)[C@](C)(OC)C[C@@H](C)C(=O)/C(C)=C/[C@]1(CC)OC(=O)n1ccnc1. The second-order valence-corrected chi connectivity index (χ2v) is 15.6. The number of carbonyl (C=O) groups excluding carboxylic acids is 5. The molecular weight excluding hydrogens is 722 g/mol. The zero-order valence-electron chi connectivity index (χ0n) is 34.6. The largest absolute Gasteiger partial charge is 0.457 e. The number of benzene rings is 1. The van der Waals surface area contributed by atoms with Gasteiger partial charge in [-0.25, -0.2) is 19.1 Å². The average Bonchev–Trinajstić information content (AvgIpc) is 3.73. The van der Waals surface area contributed by atoms with Gasteiger partial charge in [0, 0.05) is 31.3 Å². The topological polar surface area (TPSA) is 162 Å². The van der Waals surface area contributed by atoms with Crippen molar-refractivity contribution in [3.05, 3.63) is 66.3 Å². The van der Waals surface area contributed by atoms with Crippen LogP contribution in [0.25, 0.3) is 0 Å². The van der Waals surface area contributed by atoms with Gasteiger partial charge in [-0.15, -0.1) is 0 Å². The highest BCUT2D eigenvalue weighted by molar-refractivity contribution is 6.00. The quantitative estimate of drug-likeness (QED) is 0.170. The molecule has 11 atom stereocenters. The average molecular weight is 782 g/mol. The Balaban J connectivity index is 1.80. The van der Waals surface area contributed by atoms with Crippen molar-refractivity contribution < 1.29 is 52.4 Å². The first-order chi connectivity index (χ1) is 26.4. The molecule has 1 saturated heterocycles. The highest BCUT2D eigenvalue weighted by atomic mass is 16.7. The van der Waals surface area contributed by atoms with Crippen LogP contribution in [0, 0.1) is 17.8 Å². The zero-order chi connectivity index (χ0) is 41.5. The summed E-state index contributed by atoms with van der Waals surface area (Å²) >= 11 is 0. The van der Waals surface area contributed by atoms with Crippen molar-refractivity contribution in [2.24, 2.45) is 17.8 Å². The van der Waals surface area contributed by atoms with E-state index >= 15 is 0 Å². The fourth-order valence-corrected chi connectivity index (χ4v) is 7.91. The van der Waals surface area contributed by atoms with Gasteiger partial charge in [-0.3, -0.25) is 14.4 Å². The van der Waals surface area contributed by atoms with E-state index in [1.54, 1.807) is 78.0 Å². The fraction of sp³-hybridized carbons (Fsp3) is 0.619. The Bertz CT molecular complexity index is 1710. The smallest absolute Gasteiger partial charge is 0.420 e. The van der Waals surface area contributed by atoms with Gasteiger partial charge in [0.2, 0.25) is 0 Å². The Labute approximate surface area is 330 Å². The van der Waals surface area contributed by atoms with Gasteiger partial charge in [0.15, 0.2) is 29.6 Å². The molecule has 1 aromatic carbocycles. The molecule has 0 spiro atoms. The van der Waals surface area contributed by atoms with Crippen LogP contribution in [-0.2, 0) is 42.8 Å². The van der Waals surface area contributed by atoms with Crippen LogP contribution in [0.5, 0.6) is 0 Å². The number of allylic oxidation sites excluding steroid dienone is 1. The number of nitrogens with zero attached hydrogens (tertiary/aromatic N) is 3. The van der Waals surface area contributed by atoms with Gasteiger partial charge in [-0.2, -0.15) is 0 Å². The molecule has 3 heterocycles. The van der Waals surface area contributed by atoms with Crippen LogP contribution in [0.15, 0.2) is 60.7 Å². The molecule has 0 amide bonds. The van der Waals surface area contributed by atoms with Gasteiger partial charge in [0.05, 0.1) is 29.4 Å². The Hall–Kier alpha value is -4.24. The second-order valence-electron chi connectivity index (χ2n) is 15.6. The third kappa shape index (κ3) is 9.82. The first-order valence-electron chi connectivity index (χ1n) is 19.4. The standard InChI is InChI=1S/C42H59N3O11/c1-12-32-42(13-2,56-40(50)45-20-19-43-24-45)23-26(4)33(46)25(3)22-41(8,51-11)36(28(6)34(47)29(7)37(48)53-32)55-39-35(31(44(9)10)21-27(5)52-39)54-38(49)30-17-15-14-16-18-30/h14-20,23-25,27-29,31-32,35-36,39H,12-13,21-22H2,1-11H3/b26-23+/t25-,27-,28+,29-,31+,32-,35-,36-,39?,41-,42+/m1/s1. The number of esters is 2. The van der Waals surface area contributed by atoms with E-state index in [0.717, 1.165) is 4.57 Å². The predicted molar refractivity (Wildman–Crippen MR) is 206 cm³/mol. The summed E-state index contributed by atoms with van der Waals surface area (Å²) in [5.74, 6) is -5.20. The Morgan fingerprint density at radius 1 is 1.05 bits per heavy atom. The minimum Gasteiger partial charge on any atom is -0.457 e. The van der Waals surface area contributed by atoms with Gasteiger partial charge in [-0.05, 0) is 91.3 Å². The minimum absolute atomic E-state index is 0.0770. The molecule has 4 rings (SSSR count). The molecule has 308 valence electrons. The molecule has 0 bridgehead atoms. The third-order valence-corrected chi connectivity index (χ3v) is 11.3. The van der Waals surface area contributed by atoms with E-state index < -0.39 is 77.4 Å². The molecule has 1 unspecified atom stereocenters. The Morgan fingerprint density at radius 2 is 1.73 bits per heavy atom. The van der Waals surface area contributed by atoms with Crippen LogP contribution in [-0.4, -0.2) is 113 Å². The van der Waals surface area contributed by atoms with Gasteiger partial charge < -0.3 is 33.3 Å². The normalized spacial score (nSPS) is 34.5. The molecule has 0 N–H and O–H groups in total. The highest BCUT2D eigenvalue weighted by Crippen LogP contribution is 2.39. The van der Waals surface area contributed by atoms with Crippen molar-refractivity contribution in [2.75, 3.05) is 21.2 Å². The Morgan fingerprint density at radius 3 is 2.30 bits per heavy atom. The van der Waals surface area contributed by atoms with Gasteiger partial charge >= 0.3 is 18.0 Å². The first-order valence-corrected chi connectivity index (χ1v) is 19.4. The minimum atomic E-state index is -1.57. The number of hydrogen-bond acceptors (Lipinski definition) is 13. The van der Waals surface area contributed by atoms with E-state index in [9.17, 15) is 24.0 Å². The summed E-state index contributed by atoms with van der Waals surface area (Å²) in [6.45, 7) is 13.6. The van der Waals surface area contributed by atoms with Crippen LogP contribution < -0.4 is 0 Å². The van der Waals surface area contributed by atoms with Gasteiger partial charge in [-0.1, -0.05) is 45.9 Å². The number of ether oxygens (including phenoxy) is 6. The van der Waals surface area contributed by atoms with Crippen molar-refractivity contribution in [2.45, 2.75) is 129 Å². The fourth-order valence-electron chi connectivity index (χ4n) is 7.91. The highest BCUT2D eigenvalue weighted by Gasteiger charge is 2.51. The van der Waals surface area contributed by atoms with Crippen molar-refractivity contribution in [1.82, 2.24) is 14.5 Å². The van der Waals surface area contributed by atoms with E-state index in [1.165, 1.54) is 32.8 Å². The maximum absolute atomic E-state index is 14.5. The molecule has 0 radical (unpaired) electrons. The second kappa shape index (κ2) is 18.8. The summed E-state index contributed by atoms with van der Waals surface area (Å²) in [5.41, 5.74) is -2.26. The van der Waals surface area contributed by atoms with Crippen LogP contribution in [0.3, 0.4) is 0 Å². The summed E-state index contributed by atoms with van der Waals surface area (Å²) in [6, 6.07) is 8.26. The third-order valence-electron chi connectivity index (χ3n) is 11.3. The first kappa shape index (κ1) is 44.5. The predicted octanol–water partition coefficient (Wildman–Crippen LogP) is 5.82. The molecule has 2 aromatic rings. The van der Waals surface area contributed by atoms with Crippen molar-refractivity contribution in [3.63, 3.8) is 0 Å². The molecule has 14 nitrogen and oxygen atoms in total. The van der Waals surface area contributed by atoms with Crippen molar-refractivity contribution >= 4 is 29.6 Å². The summed E-state index contributed by atoms with van der Waals surface area (Å²) in [5, 5.41) is 0. The number of aromatic nitrogens is 2. The maximum atomic E-state index is 14.5. The number of hydrogen-bond donors (Lipinski definition) is 0. The monoisotopic (exact) mass is 781 g/mol. The molecule has 1 fully saturated rings. The van der Waals surface area contributed by atoms with Crippen molar-refractivity contribution in [3.8, 4) is 0 Å². The number of imidazole rings is 1. The van der Waals surface area contributed by atoms with Gasteiger partial charge in [0.1, 0.15) is 18.3 Å². The lowest BCUT2D eigenvalue weighted by molar-refractivity contribution is -0.294. The number of likely N-dealkylation sites (N-methyl/N-ethyl adjacent to an activating group) is 1. The molecule has 0 saturated carbocycles. The molecule has 2 aliphatic heterocycles. The molecule has 1 aromatic heterocycles. The number of methoxy groups -OCH3 is 1. The van der Waals surface area contributed by atoms with E-state index in [4.69, 9.17) is 28.4 Å². The molecule has 14 heteroatoms. The molecule has 2 aliphatic rings. The number of Topliss-reactive ketones (excluding diaryl/α,β-unsaturated/α-hetero) is 2. The van der Waals surface area contributed by atoms with Crippen LogP contribution in [0.1, 0.15) is 91.4 Å². The number of cyclic esters (lactones) is 1. The number of carbonyl (C=O) groups is 5.